The lowest BCUT2D eigenvalue weighted by molar-refractivity contribution is -0.104. The number of hydrogen-bond donors (Lipinski definition) is 2. The van der Waals surface area contributed by atoms with E-state index >= 15 is 0 Å². The number of carbonyl (C=O) groups is 2. The van der Waals surface area contributed by atoms with Crippen LogP contribution in [0.5, 0.6) is 17.2 Å². The monoisotopic (exact) mass is 438 g/mol. The number of ether oxygens (including phenoxy) is 2. The van der Waals surface area contributed by atoms with Crippen LogP contribution in [0.3, 0.4) is 0 Å². The van der Waals surface area contributed by atoms with Crippen LogP contribution in [0, 0.1) is 5.82 Å². The Balaban J connectivity index is 2.43. The number of rotatable bonds is 8. The molecule has 2 aromatic rings. The Bertz CT molecular complexity index is 977. The smallest absolute Gasteiger partial charge is 0.259 e. The number of halogens is 3. The summed E-state index contributed by atoms with van der Waals surface area (Å²) in [6.07, 6.45) is 4.73. The van der Waals surface area contributed by atoms with E-state index in [0.717, 1.165) is 6.07 Å². The van der Waals surface area contributed by atoms with Crippen molar-refractivity contribution in [3.05, 3.63) is 75.8 Å². The zero-order valence-electron chi connectivity index (χ0n) is 15.5. The summed E-state index contributed by atoms with van der Waals surface area (Å²) in [7, 11) is 3.02. The van der Waals surface area contributed by atoms with Crippen molar-refractivity contribution in [2.24, 2.45) is 0 Å². The van der Waals surface area contributed by atoms with Crippen molar-refractivity contribution in [3.8, 4) is 17.2 Å². The molecule has 152 valence electrons. The SMILES string of the molecule is CN/C=C\C(=C/C=O)NC(=O)c1cc(Cl)c(Cl)cc1Oc1ccc(F)cc1OC. The number of hydrogen-bond acceptors (Lipinski definition) is 5. The molecule has 2 rings (SSSR count). The third-order valence-corrected chi connectivity index (χ3v) is 4.27. The van der Waals surface area contributed by atoms with Gasteiger partial charge in [-0.25, -0.2) is 4.39 Å². The van der Waals surface area contributed by atoms with Gasteiger partial charge in [-0.2, -0.15) is 0 Å². The zero-order chi connectivity index (χ0) is 21.4. The molecule has 0 heterocycles. The van der Waals surface area contributed by atoms with E-state index in [1.165, 1.54) is 49.7 Å². The van der Waals surface area contributed by atoms with Crippen LogP contribution in [0.2, 0.25) is 10.0 Å². The van der Waals surface area contributed by atoms with Gasteiger partial charge in [-0.05, 0) is 30.5 Å². The van der Waals surface area contributed by atoms with Crippen molar-refractivity contribution >= 4 is 35.4 Å². The molecule has 2 N–H and O–H groups in total. The Morgan fingerprint density at radius 3 is 2.48 bits per heavy atom. The fourth-order valence-electron chi connectivity index (χ4n) is 2.22. The van der Waals surface area contributed by atoms with E-state index in [4.69, 9.17) is 32.7 Å². The molecule has 6 nitrogen and oxygen atoms in total. The Labute approximate surface area is 176 Å². The molecule has 0 saturated heterocycles. The van der Waals surface area contributed by atoms with E-state index in [1.807, 2.05) is 0 Å². The van der Waals surface area contributed by atoms with E-state index in [9.17, 15) is 14.0 Å². The number of nitrogens with one attached hydrogen (secondary N) is 2. The summed E-state index contributed by atoms with van der Waals surface area (Å²) >= 11 is 12.1. The van der Waals surface area contributed by atoms with Gasteiger partial charge in [0.25, 0.3) is 5.91 Å². The molecule has 0 radical (unpaired) electrons. The fourth-order valence-corrected chi connectivity index (χ4v) is 2.54. The largest absolute Gasteiger partial charge is 0.493 e. The van der Waals surface area contributed by atoms with Gasteiger partial charge in [-0.1, -0.05) is 23.2 Å². The predicted octanol–water partition coefficient (Wildman–Crippen LogP) is 4.48. The highest BCUT2D eigenvalue weighted by atomic mass is 35.5. The van der Waals surface area contributed by atoms with Crippen LogP contribution >= 0.6 is 23.2 Å². The molecule has 0 aromatic heterocycles. The van der Waals surface area contributed by atoms with Gasteiger partial charge in [0, 0.05) is 31.0 Å². The molecule has 2 aromatic carbocycles. The summed E-state index contributed by atoms with van der Waals surface area (Å²) in [4.78, 5) is 23.6. The lowest BCUT2D eigenvalue weighted by atomic mass is 10.1. The predicted molar refractivity (Wildman–Crippen MR) is 109 cm³/mol. The number of allylic oxidation sites excluding steroid dienone is 2. The van der Waals surface area contributed by atoms with Crippen molar-refractivity contribution in [3.63, 3.8) is 0 Å². The first-order valence-electron chi connectivity index (χ1n) is 8.20. The van der Waals surface area contributed by atoms with Crippen LogP contribution in [0.4, 0.5) is 4.39 Å². The van der Waals surface area contributed by atoms with Gasteiger partial charge < -0.3 is 20.1 Å². The van der Waals surface area contributed by atoms with Gasteiger partial charge in [0.2, 0.25) is 0 Å². The van der Waals surface area contributed by atoms with E-state index in [0.29, 0.717) is 6.29 Å². The van der Waals surface area contributed by atoms with E-state index in [1.54, 1.807) is 7.05 Å². The first-order valence-corrected chi connectivity index (χ1v) is 8.96. The maximum atomic E-state index is 13.4. The average Bonchev–Trinajstić information content (AvgIpc) is 2.69. The molecule has 0 aliphatic rings. The van der Waals surface area contributed by atoms with Gasteiger partial charge in [-0.3, -0.25) is 9.59 Å². The first kappa shape index (κ1) is 22.3. The normalized spacial score (nSPS) is 11.3. The van der Waals surface area contributed by atoms with E-state index < -0.39 is 11.7 Å². The Morgan fingerprint density at radius 1 is 1.10 bits per heavy atom. The van der Waals surface area contributed by atoms with Gasteiger partial charge in [0.1, 0.15) is 17.9 Å². The van der Waals surface area contributed by atoms with Crippen molar-refractivity contribution in [1.82, 2.24) is 10.6 Å². The molecule has 0 bridgehead atoms. The molecular weight excluding hydrogens is 422 g/mol. The molecule has 0 atom stereocenters. The molecule has 0 aliphatic carbocycles. The van der Waals surface area contributed by atoms with Crippen LogP contribution in [0.25, 0.3) is 0 Å². The standard InChI is InChI=1S/C20H17Cl2FN2O4/c1-24-7-5-13(6-8-26)25-20(27)14-10-15(21)16(22)11-18(14)29-17-4-3-12(23)9-19(17)28-2/h3-11,24H,1-2H3,(H,25,27)/b7-5-,13-6+. The Morgan fingerprint density at radius 2 is 1.83 bits per heavy atom. The second kappa shape index (κ2) is 10.5. The van der Waals surface area contributed by atoms with Gasteiger partial charge >= 0.3 is 0 Å². The third-order valence-electron chi connectivity index (χ3n) is 3.55. The molecule has 0 saturated carbocycles. The van der Waals surface area contributed by atoms with Gasteiger partial charge in [-0.15, -0.1) is 0 Å². The van der Waals surface area contributed by atoms with Crippen LogP contribution in [-0.4, -0.2) is 26.4 Å². The quantitative estimate of drug-likeness (QED) is 0.361. The summed E-state index contributed by atoms with van der Waals surface area (Å²) in [5.74, 6) is -0.763. The highest BCUT2D eigenvalue weighted by molar-refractivity contribution is 6.42. The number of aldehydes is 1. The van der Waals surface area contributed by atoms with Crippen molar-refractivity contribution < 1.29 is 23.5 Å². The molecule has 1 amide bonds. The second-order valence-corrected chi connectivity index (χ2v) is 6.31. The number of amides is 1. The second-order valence-electron chi connectivity index (χ2n) is 5.49. The molecule has 9 heteroatoms. The van der Waals surface area contributed by atoms with Crippen molar-refractivity contribution in [2.75, 3.05) is 14.2 Å². The van der Waals surface area contributed by atoms with Crippen LogP contribution in [0.1, 0.15) is 10.4 Å². The first-order chi connectivity index (χ1) is 13.9. The third kappa shape index (κ3) is 5.97. The van der Waals surface area contributed by atoms with Crippen LogP contribution in [-0.2, 0) is 4.79 Å². The molecule has 0 spiro atoms. The highest BCUT2D eigenvalue weighted by Crippen LogP contribution is 2.37. The summed E-state index contributed by atoms with van der Waals surface area (Å²) in [6.45, 7) is 0. The number of carbonyl (C=O) groups excluding carboxylic acids is 2. The highest BCUT2D eigenvalue weighted by Gasteiger charge is 2.19. The number of benzene rings is 2. The topological polar surface area (TPSA) is 76.7 Å². The lowest BCUT2D eigenvalue weighted by Gasteiger charge is -2.15. The minimum absolute atomic E-state index is 0.0421. The lowest BCUT2D eigenvalue weighted by Crippen LogP contribution is -2.23. The summed E-state index contributed by atoms with van der Waals surface area (Å²) < 4.78 is 24.3. The average molecular weight is 439 g/mol. The van der Waals surface area contributed by atoms with E-state index in [-0.39, 0.29) is 38.6 Å². The summed E-state index contributed by atoms with van der Waals surface area (Å²) in [6, 6.07) is 6.35. The molecule has 0 aliphatic heterocycles. The van der Waals surface area contributed by atoms with Crippen molar-refractivity contribution in [1.29, 1.82) is 0 Å². The Kier molecular flexibility index (Phi) is 8.06. The molecule has 29 heavy (non-hydrogen) atoms. The minimum atomic E-state index is -0.603. The maximum Gasteiger partial charge on any atom is 0.259 e. The Hall–Kier alpha value is -3.03. The van der Waals surface area contributed by atoms with Crippen LogP contribution < -0.4 is 20.1 Å². The minimum Gasteiger partial charge on any atom is -0.493 e. The molecular formula is C20H17Cl2FN2O4. The van der Waals surface area contributed by atoms with Crippen LogP contribution in [0.15, 0.2) is 54.4 Å². The maximum absolute atomic E-state index is 13.4. The number of methoxy groups -OCH3 is 1. The summed E-state index contributed by atoms with van der Waals surface area (Å²) in [5, 5.41) is 5.60. The fraction of sp³-hybridized carbons (Fsp3) is 0.100. The van der Waals surface area contributed by atoms with E-state index in [2.05, 4.69) is 10.6 Å². The zero-order valence-corrected chi connectivity index (χ0v) is 17.0. The molecule has 0 unspecified atom stereocenters. The van der Waals surface area contributed by atoms with Gasteiger partial charge in [0.15, 0.2) is 11.5 Å². The molecule has 0 fully saturated rings. The summed E-state index contributed by atoms with van der Waals surface area (Å²) in [5.41, 5.74) is 0.274. The van der Waals surface area contributed by atoms with Gasteiger partial charge in [0.05, 0.1) is 22.7 Å². The van der Waals surface area contributed by atoms with Crippen molar-refractivity contribution in [2.45, 2.75) is 0 Å².